The van der Waals surface area contributed by atoms with E-state index in [0.29, 0.717) is 11.1 Å². The van der Waals surface area contributed by atoms with Gasteiger partial charge < -0.3 is 13.9 Å². The van der Waals surface area contributed by atoms with Crippen LogP contribution < -0.4 is 4.90 Å². The topological polar surface area (TPSA) is 38.4 Å². The van der Waals surface area contributed by atoms with Crippen molar-refractivity contribution in [1.82, 2.24) is 18.9 Å². The molecule has 0 saturated carbocycles. The maximum absolute atomic E-state index is 16.9. The third-order valence-electron chi connectivity index (χ3n) is 11.3. The van der Waals surface area contributed by atoms with Crippen molar-refractivity contribution < 1.29 is 25.5 Å². The summed E-state index contributed by atoms with van der Waals surface area (Å²) in [6.45, 7) is 4.61. The van der Waals surface area contributed by atoms with E-state index in [1.54, 1.807) is 12.3 Å². The largest absolute Gasteiger partial charge is 2.00 e. The summed E-state index contributed by atoms with van der Waals surface area (Å²) < 4.78 is 21.0. The molecule has 0 amide bonds. The van der Waals surface area contributed by atoms with Gasteiger partial charge in [-0.25, -0.2) is 9.37 Å². The first kappa shape index (κ1) is 33.5. The minimum absolute atomic E-state index is 0. The standard InChI is InChI=1S/C48H32FN5.Pt/c1-48(2)39-18-7-9-20-42(39)53(32-13-4-3-5-14-32)44-29-43-37(28-40(44)48)36-17-11-23-50-47(36)54(43)33-15-10-12-30(26-33)45(49)31-21-22-34-35-16-6-8-19-41(35)52-25-24-51-46(52)38(34)27-31;/h3-25,28-29,45H,1-2H3;/q-2;+2. The maximum Gasteiger partial charge on any atom is 2.00 e. The van der Waals surface area contributed by atoms with Gasteiger partial charge in [-0.2, -0.15) is 18.2 Å². The van der Waals surface area contributed by atoms with Crippen molar-refractivity contribution in [3.8, 4) is 5.69 Å². The molecule has 1 unspecified atom stereocenters. The molecule has 1 aliphatic heterocycles. The number of fused-ring (bicyclic) bond motifs is 11. The number of hydrogen-bond acceptors (Lipinski definition) is 3. The van der Waals surface area contributed by atoms with Crippen molar-refractivity contribution in [2.45, 2.75) is 25.4 Å². The van der Waals surface area contributed by atoms with Crippen LogP contribution in [0.15, 0.2) is 152 Å². The Bertz CT molecular complexity index is 3130. The zero-order valence-electron chi connectivity index (χ0n) is 29.9. The monoisotopic (exact) mass is 892 g/mol. The van der Waals surface area contributed by atoms with Gasteiger partial charge in [-0.05, 0) is 65.0 Å². The maximum atomic E-state index is 16.9. The first-order chi connectivity index (χ1) is 26.5. The van der Waals surface area contributed by atoms with Gasteiger partial charge in [0.2, 0.25) is 0 Å². The van der Waals surface area contributed by atoms with Crippen LogP contribution in [0.3, 0.4) is 0 Å². The molecule has 6 aromatic carbocycles. The average molecular weight is 893 g/mol. The molecule has 0 saturated heterocycles. The molecular weight excluding hydrogens is 861 g/mol. The Balaban J connectivity index is 0.00000372. The first-order valence-electron chi connectivity index (χ1n) is 18.2. The molecule has 0 N–H and O–H groups in total. The summed E-state index contributed by atoms with van der Waals surface area (Å²) >= 11 is 0. The third-order valence-corrected chi connectivity index (χ3v) is 11.3. The molecule has 4 aromatic heterocycles. The number of rotatable bonds is 4. The van der Waals surface area contributed by atoms with Crippen molar-refractivity contribution in [3.05, 3.63) is 186 Å². The predicted octanol–water partition coefficient (Wildman–Crippen LogP) is 11.9. The number of para-hydroxylation sites is 3. The minimum Gasteiger partial charge on any atom is -0.340 e. The van der Waals surface area contributed by atoms with Crippen LogP contribution in [0, 0.1) is 12.1 Å². The molecule has 0 fully saturated rings. The summed E-state index contributed by atoms with van der Waals surface area (Å²) in [6, 6.07) is 52.6. The molecule has 266 valence electrons. The quantitative estimate of drug-likeness (QED) is 0.131. The molecule has 11 rings (SSSR count). The molecule has 10 aromatic rings. The fourth-order valence-electron chi connectivity index (χ4n) is 8.71. The SMILES string of the molecule is CC1(C)c2ccccc2N(c2ccccc2)c2cc3c(cc21)c1cccnc1n3-c1[c-]c(C(F)c2[c-]c3c(cc2)c2ccccc2n2ccnc32)ccc1.[Pt+2]. The van der Waals surface area contributed by atoms with E-state index >= 15 is 4.39 Å². The zero-order valence-corrected chi connectivity index (χ0v) is 32.2. The number of halogens is 1. The molecule has 5 heterocycles. The number of alkyl halides is 1. The summed E-state index contributed by atoms with van der Waals surface area (Å²) in [5.41, 5.74) is 10.7. The van der Waals surface area contributed by atoms with Crippen molar-refractivity contribution in [1.29, 1.82) is 0 Å². The molecule has 1 atom stereocenters. The van der Waals surface area contributed by atoms with E-state index in [1.165, 1.54) is 11.1 Å². The Morgan fingerprint density at radius 3 is 2.25 bits per heavy atom. The fourth-order valence-corrected chi connectivity index (χ4v) is 8.71. The van der Waals surface area contributed by atoms with Gasteiger partial charge in [0.25, 0.3) is 0 Å². The van der Waals surface area contributed by atoms with Crippen LogP contribution >= 0.6 is 0 Å². The summed E-state index contributed by atoms with van der Waals surface area (Å²) in [6.07, 6.45) is 4.08. The first-order valence-corrected chi connectivity index (χ1v) is 18.2. The molecule has 0 radical (unpaired) electrons. The van der Waals surface area contributed by atoms with E-state index in [-0.39, 0.29) is 26.5 Å². The Morgan fingerprint density at radius 2 is 1.36 bits per heavy atom. The second kappa shape index (κ2) is 12.5. The number of anilines is 3. The van der Waals surface area contributed by atoms with Crippen LogP contribution in [-0.4, -0.2) is 18.9 Å². The van der Waals surface area contributed by atoms with Crippen LogP contribution in [-0.2, 0) is 26.5 Å². The number of pyridine rings is 2. The number of nitrogens with zero attached hydrogens (tertiary/aromatic N) is 5. The van der Waals surface area contributed by atoms with Crippen molar-refractivity contribution >= 4 is 66.3 Å². The molecule has 7 heteroatoms. The van der Waals surface area contributed by atoms with Crippen molar-refractivity contribution in [2.75, 3.05) is 4.90 Å². The van der Waals surface area contributed by atoms with Gasteiger partial charge in [0.1, 0.15) is 11.8 Å². The summed E-state index contributed by atoms with van der Waals surface area (Å²) in [4.78, 5) is 11.9. The van der Waals surface area contributed by atoms with E-state index in [1.807, 2.05) is 65.3 Å². The van der Waals surface area contributed by atoms with Crippen LogP contribution in [0.5, 0.6) is 0 Å². The Kier molecular flexibility index (Phi) is 7.59. The van der Waals surface area contributed by atoms with Gasteiger partial charge in [-0.1, -0.05) is 90.5 Å². The summed E-state index contributed by atoms with van der Waals surface area (Å²) in [7, 11) is 0. The van der Waals surface area contributed by atoms with Crippen LogP contribution in [0.4, 0.5) is 21.5 Å². The molecule has 0 spiro atoms. The minimum atomic E-state index is -1.46. The normalized spacial score (nSPS) is 14.0. The van der Waals surface area contributed by atoms with Gasteiger partial charge in [-0.15, -0.1) is 29.8 Å². The van der Waals surface area contributed by atoms with E-state index in [0.717, 1.165) is 72.0 Å². The molecule has 0 bridgehead atoms. The second-order valence-corrected chi connectivity index (χ2v) is 14.6. The smallest absolute Gasteiger partial charge is 0.340 e. The fraction of sp³-hybridized carbons (Fsp3) is 0.0833. The molecular formula is C48H32FN5Pt. The van der Waals surface area contributed by atoms with Gasteiger partial charge >= 0.3 is 21.1 Å². The Morgan fingerprint density at radius 1 is 0.600 bits per heavy atom. The van der Waals surface area contributed by atoms with Gasteiger partial charge in [0.15, 0.2) is 0 Å². The Labute approximate surface area is 331 Å². The Hall–Kier alpha value is -6.10. The van der Waals surface area contributed by atoms with Gasteiger partial charge in [-0.3, -0.25) is 4.98 Å². The second-order valence-electron chi connectivity index (χ2n) is 14.6. The molecule has 55 heavy (non-hydrogen) atoms. The predicted molar refractivity (Wildman–Crippen MR) is 216 cm³/mol. The number of benzene rings is 6. The molecule has 0 aliphatic carbocycles. The van der Waals surface area contributed by atoms with Crippen molar-refractivity contribution in [3.63, 3.8) is 0 Å². The number of imidazole rings is 1. The summed E-state index contributed by atoms with van der Waals surface area (Å²) in [5.74, 6) is 0. The number of aromatic nitrogens is 4. The third kappa shape index (κ3) is 4.87. The van der Waals surface area contributed by atoms with Crippen LogP contribution in [0.1, 0.15) is 42.3 Å². The molecule has 5 nitrogen and oxygen atoms in total. The van der Waals surface area contributed by atoms with E-state index in [4.69, 9.17) is 4.98 Å². The van der Waals surface area contributed by atoms with E-state index in [2.05, 4.69) is 119 Å². The zero-order chi connectivity index (χ0) is 36.1. The van der Waals surface area contributed by atoms with Crippen molar-refractivity contribution in [2.24, 2.45) is 0 Å². The van der Waals surface area contributed by atoms with E-state index < -0.39 is 6.17 Å². The van der Waals surface area contributed by atoms with Crippen LogP contribution in [0.2, 0.25) is 0 Å². The summed E-state index contributed by atoms with van der Waals surface area (Å²) in [5, 5.41) is 4.98. The van der Waals surface area contributed by atoms with Crippen LogP contribution in [0.25, 0.3) is 54.9 Å². The average Bonchev–Trinajstić information content (AvgIpc) is 3.84. The number of hydrogen-bond donors (Lipinski definition) is 0. The van der Waals surface area contributed by atoms with Gasteiger partial charge in [0.05, 0.1) is 22.5 Å². The molecule has 1 aliphatic rings. The van der Waals surface area contributed by atoms with E-state index in [9.17, 15) is 0 Å². The van der Waals surface area contributed by atoms with Gasteiger partial charge in [0, 0.05) is 46.0 Å².